The van der Waals surface area contributed by atoms with Crippen molar-refractivity contribution in [1.29, 1.82) is 0 Å². The Kier molecular flexibility index (Phi) is 15.5. The summed E-state index contributed by atoms with van der Waals surface area (Å²) in [6.45, 7) is 4.51. The molecule has 1 unspecified atom stereocenters. The molecule has 0 spiro atoms. The number of hydrogen-bond donors (Lipinski definition) is 1. The minimum atomic E-state index is 0.000611. The van der Waals surface area contributed by atoms with Crippen molar-refractivity contribution in [2.45, 2.75) is 107 Å². The monoisotopic (exact) mass is 564 g/mol. The summed E-state index contributed by atoms with van der Waals surface area (Å²) in [5.41, 5.74) is 3.25. The van der Waals surface area contributed by atoms with Crippen LogP contribution in [0.2, 0.25) is 0 Å². The highest BCUT2D eigenvalue weighted by Crippen LogP contribution is 2.35. The number of carbonyl (C=O) groups is 1. The number of aryl methyl sites for hydroxylation is 1. The van der Waals surface area contributed by atoms with Crippen molar-refractivity contribution >= 4 is 46.0 Å². The highest BCUT2D eigenvalue weighted by molar-refractivity contribution is 8.00. The van der Waals surface area contributed by atoms with Gasteiger partial charge in [-0.1, -0.05) is 102 Å². The summed E-state index contributed by atoms with van der Waals surface area (Å²) in [6.07, 6.45) is 17.5. The molecule has 1 amide bonds. The third-order valence-corrected chi connectivity index (χ3v) is 9.65. The van der Waals surface area contributed by atoms with Gasteiger partial charge in [-0.3, -0.25) is 9.78 Å². The van der Waals surface area contributed by atoms with Gasteiger partial charge in [0.2, 0.25) is 5.91 Å². The van der Waals surface area contributed by atoms with Gasteiger partial charge in [-0.05, 0) is 67.0 Å². The van der Waals surface area contributed by atoms with E-state index in [1.165, 1.54) is 63.4 Å². The minimum absolute atomic E-state index is 0.000611. The van der Waals surface area contributed by atoms with E-state index in [1.807, 2.05) is 35.8 Å². The first-order chi connectivity index (χ1) is 19.2. The second-order valence-electron chi connectivity index (χ2n) is 10.4. The molecule has 0 radical (unpaired) electrons. The van der Waals surface area contributed by atoms with Gasteiger partial charge in [0.1, 0.15) is 0 Å². The molecule has 2 aromatic carbocycles. The number of fused-ring (bicyclic) bond motifs is 1. The predicted molar refractivity (Wildman–Crippen MR) is 174 cm³/mol. The van der Waals surface area contributed by atoms with E-state index in [2.05, 4.69) is 72.7 Å². The van der Waals surface area contributed by atoms with Crippen molar-refractivity contribution in [1.82, 2.24) is 4.98 Å². The molecule has 3 nitrogen and oxygen atoms in total. The molecule has 5 heteroatoms. The van der Waals surface area contributed by atoms with Gasteiger partial charge in [-0.2, -0.15) is 0 Å². The van der Waals surface area contributed by atoms with E-state index in [4.69, 9.17) is 0 Å². The minimum Gasteiger partial charge on any atom is -0.324 e. The molecule has 1 heterocycles. The van der Waals surface area contributed by atoms with Crippen LogP contribution in [0.1, 0.15) is 96.5 Å². The molecule has 0 bridgehead atoms. The number of anilines is 1. The Bertz CT molecular complexity index is 1090. The molecule has 0 fully saturated rings. The number of hydrogen-bond acceptors (Lipinski definition) is 4. The van der Waals surface area contributed by atoms with Gasteiger partial charge in [0.05, 0.1) is 16.5 Å². The summed E-state index contributed by atoms with van der Waals surface area (Å²) in [6, 6.07) is 19.0. The lowest BCUT2D eigenvalue weighted by Crippen LogP contribution is -2.26. The highest BCUT2D eigenvalue weighted by atomic mass is 32.2. The van der Waals surface area contributed by atoms with Crippen LogP contribution in [0.5, 0.6) is 0 Å². The van der Waals surface area contributed by atoms with E-state index in [9.17, 15) is 4.79 Å². The molecule has 3 aromatic rings. The quantitative estimate of drug-likeness (QED) is 0.109. The SMILES string of the molecule is CCCCCCCCC(SCCCCCC)C(=O)Nc1c(SCCCc2ccccc2)ccc2ncccc12. The van der Waals surface area contributed by atoms with Crippen LogP contribution >= 0.6 is 23.5 Å². The van der Waals surface area contributed by atoms with E-state index in [1.54, 1.807) is 0 Å². The largest absolute Gasteiger partial charge is 0.324 e. The maximum atomic E-state index is 13.7. The van der Waals surface area contributed by atoms with Gasteiger partial charge in [-0.15, -0.1) is 23.5 Å². The Hall–Kier alpha value is -1.98. The number of rotatable bonds is 20. The number of carbonyl (C=O) groups excluding carboxylic acids is 1. The topological polar surface area (TPSA) is 42.0 Å². The molecule has 39 heavy (non-hydrogen) atoms. The van der Waals surface area contributed by atoms with Crippen LogP contribution in [-0.4, -0.2) is 27.6 Å². The van der Waals surface area contributed by atoms with Gasteiger partial charge in [0.25, 0.3) is 0 Å². The maximum absolute atomic E-state index is 13.7. The lowest BCUT2D eigenvalue weighted by atomic mass is 10.1. The van der Waals surface area contributed by atoms with Crippen molar-refractivity contribution in [3.05, 3.63) is 66.4 Å². The molecular formula is C34H48N2OS2. The van der Waals surface area contributed by atoms with E-state index in [0.717, 1.165) is 58.7 Å². The Labute approximate surface area is 245 Å². The summed E-state index contributed by atoms with van der Waals surface area (Å²) in [7, 11) is 0. The Morgan fingerprint density at radius 1 is 0.795 bits per heavy atom. The van der Waals surface area contributed by atoms with Crippen LogP contribution in [0.15, 0.2) is 65.7 Å². The third kappa shape index (κ3) is 11.6. The third-order valence-electron chi connectivity index (χ3n) is 7.13. The summed E-state index contributed by atoms with van der Waals surface area (Å²) in [5.74, 6) is 2.23. The number of unbranched alkanes of at least 4 members (excludes halogenated alkanes) is 8. The van der Waals surface area contributed by atoms with Gasteiger partial charge >= 0.3 is 0 Å². The van der Waals surface area contributed by atoms with Crippen molar-refractivity contribution < 1.29 is 4.79 Å². The second kappa shape index (κ2) is 19.2. The molecule has 0 saturated carbocycles. The standard InChI is InChI=1S/C34H48N2OS2/c1-3-5-7-9-10-14-22-32(39-26-15-8-6-4-2)34(37)36-33-29-21-16-25-35-30(29)23-24-31(33)38-27-17-20-28-18-12-11-13-19-28/h11-13,16,18-19,21,23-25,32H,3-10,14-15,17,20,22,26-27H2,1-2H3,(H,36,37). The van der Waals surface area contributed by atoms with Crippen LogP contribution < -0.4 is 5.32 Å². The fraction of sp³-hybridized carbons (Fsp3) is 0.529. The van der Waals surface area contributed by atoms with Crippen LogP contribution in [0, 0.1) is 0 Å². The Morgan fingerprint density at radius 2 is 1.54 bits per heavy atom. The number of benzene rings is 2. The zero-order chi connectivity index (χ0) is 27.5. The van der Waals surface area contributed by atoms with Crippen molar-refractivity contribution in [2.24, 2.45) is 0 Å². The summed E-state index contributed by atoms with van der Waals surface area (Å²) >= 11 is 3.71. The van der Waals surface area contributed by atoms with E-state index < -0.39 is 0 Å². The first-order valence-electron chi connectivity index (χ1n) is 15.2. The zero-order valence-corrected chi connectivity index (χ0v) is 25.8. The summed E-state index contributed by atoms with van der Waals surface area (Å²) in [4.78, 5) is 19.5. The lowest BCUT2D eigenvalue weighted by molar-refractivity contribution is -0.115. The fourth-order valence-corrected chi connectivity index (χ4v) is 7.02. The number of pyridine rings is 1. The molecule has 1 aromatic heterocycles. The second-order valence-corrected chi connectivity index (χ2v) is 12.9. The summed E-state index contributed by atoms with van der Waals surface area (Å²) < 4.78 is 0. The average Bonchev–Trinajstić information content (AvgIpc) is 2.97. The molecule has 0 aliphatic carbocycles. The Morgan fingerprint density at radius 3 is 2.33 bits per heavy atom. The normalized spacial score (nSPS) is 12.1. The number of nitrogens with one attached hydrogen (secondary N) is 1. The molecular weight excluding hydrogens is 517 g/mol. The molecule has 0 aliphatic heterocycles. The van der Waals surface area contributed by atoms with Crippen molar-refractivity contribution in [2.75, 3.05) is 16.8 Å². The first-order valence-corrected chi connectivity index (χ1v) is 17.2. The van der Waals surface area contributed by atoms with Gasteiger partial charge in [-0.25, -0.2) is 0 Å². The number of thioether (sulfide) groups is 2. The van der Waals surface area contributed by atoms with Crippen LogP contribution in [0.25, 0.3) is 10.9 Å². The molecule has 0 saturated heterocycles. The smallest absolute Gasteiger partial charge is 0.237 e. The molecule has 3 rings (SSSR count). The number of amides is 1. The van der Waals surface area contributed by atoms with Crippen LogP contribution in [0.4, 0.5) is 5.69 Å². The zero-order valence-electron chi connectivity index (χ0n) is 24.1. The molecule has 212 valence electrons. The van der Waals surface area contributed by atoms with E-state index in [0.29, 0.717) is 0 Å². The predicted octanol–water partition coefficient (Wildman–Crippen LogP) is 10.3. The summed E-state index contributed by atoms with van der Waals surface area (Å²) in [5, 5.41) is 4.44. The van der Waals surface area contributed by atoms with Crippen molar-refractivity contribution in [3.8, 4) is 0 Å². The van der Waals surface area contributed by atoms with Crippen molar-refractivity contribution in [3.63, 3.8) is 0 Å². The van der Waals surface area contributed by atoms with E-state index in [-0.39, 0.29) is 11.2 Å². The highest BCUT2D eigenvalue weighted by Gasteiger charge is 2.21. The van der Waals surface area contributed by atoms with Crippen LogP contribution in [-0.2, 0) is 11.2 Å². The molecule has 1 N–H and O–H groups in total. The molecule has 1 atom stereocenters. The van der Waals surface area contributed by atoms with Gasteiger partial charge in [0, 0.05) is 16.5 Å². The Balaban J connectivity index is 1.66. The fourth-order valence-electron chi connectivity index (χ4n) is 4.84. The average molecular weight is 565 g/mol. The first kappa shape index (κ1) is 31.5. The van der Waals surface area contributed by atoms with Gasteiger partial charge < -0.3 is 5.32 Å². The van der Waals surface area contributed by atoms with E-state index >= 15 is 0 Å². The number of aromatic nitrogens is 1. The maximum Gasteiger partial charge on any atom is 0.237 e. The molecule has 0 aliphatic rings. The lowest BCUT2D eigenvalue weighted by Gasteiger charge is -2.19. The van der Waals surface area contributed by atoms with Crippen LogP contribution in [0.3, 0.4) is 0 Å². The number of nitrogens with zero attached hydrogens (tertiary/aromatic N) is 1. The van der Waals surface area contributed by atoms with Gasteiger partial charge in [0.15, 0.2) is 0 Å².